The lowest BCUT2D eigenvalue weighted by molar-refractivity contribution is 0.252. The standard InChI is InChI=1S/C22H23FN2O/c23-18-6-3-5-15(12-18)17-8-9-19(24-14-17)10-11-21-20-7-2-1-4-16(20)13-22(21)25-26/h3,5-6,8-12,14,16,20-21,26H,1-2,4,7,13H2/b11-10+,25-22+/t16-,20-,21+/m1/s1. The van der Waals surface area contributed by atoms with Gasteiger partial charge < -0.3 is 5.21 Å². The molecule has 0 amide bonds. The van der Waals surface area contributed by atoms with Crippen LogP contribution < -0.4 is 0 Å². The van der Waals surface area contributed by atoms with Crippen molar-refractivity contribution >= 4 is 11.8 Å². The first-order valence-corrected chi connectivity index (χ1v) is 9.35. The van der Waals surface area contributed by atoms with Crippen LogP contribution in [0.1, 0.15) is 37.8 Å². The third-order valence-electron chi connectivity index (χ3n) is 5.83. The van der Waals surface area contributed by atoms with Crippen molar-refractivity contribution in [2.24, 2.45) is 22.9 Å². The second-order valence-corrected chi connectivity index (χ2v) is 7.37. The van der Waals surface area contributed by atoms with E-state index >= 15 is 0 Å². The van der Waals surface area contributed by atoms with Gasteiger partial charge in [-0.2, -0.15) is 0 Å². The first kappa shape index (κ1) is 17.0. The van der Waals surface area contributed by atoms with E-state index in [0.717, 1.165) is 29.0 Å². The molecule has 0 aliphatic heterocycles. The Bertz CT molecular complexity index is 828. The molecule has 134 valence electrons. The maximum absolute atomic E-state index is 13.4. The number of pyridine rings is 1. The molecule has 0 spiro atoms. The third-order valence-corrected chi connectivity index (χ3v) is 5.83. The van der Waals surface area contributed by atoms with Crippen LogP contribution in [-0.2, 0) is 0 Å². The smallest absolute Gasteiger partial charge is 0.123 e. The fourth-order valence-electron chi connectivity index (χ4n) is 4.52. The van der Waals surface area contributed by atoms with Gasteiger partial charge >= 0.3 is 0 Å². The van der Waals surface area contributed by atoms with E-state index in [1.54, 1.807) is 12.3 Å². The van der Waals surface area contributed by atoms with E-state index in [0.29, 0.717) is 11.8 Å². The van der Waals surface area contributed by atoms with Gasteiger partial charge in [-0.3, -0.25) is 4.98 Å². The SMILES string of the molecule is O/N=C1\C[C@H]2CCCC[C@H]2[C@@H]1/C=C/c1ccc(-c2cccc(F)c2)cn1. The molecule has 2 saturated carbocycles. The summed E-state index contributed by atoms with van der Waals surface area (Å²) < 4.78 is 13.4. The minimum Gasteiger partial charge on any atom is -0.411 e. The molecule has 4 rings (SSSR count). The van der Waals surface area contributed by atoms with Crippen molar-refractivity contribution in [1.29, 1.82) is 0 Å². The molecule has 1 aromatic carbocycles. The molecule has 1 N–H and O–H groups in total. The Kier molecular flexibility index (Phi) is 4.83. The van der Waals surface area contributed by atoms with Gasteiger partial charge in [0.25, 0.3) is 0 Å². The maximum Gasteiger partial charge on any atom is 0.123 e. The number of benzene rings is 1. The van der Waals surface area contributed by atoms with Gasteiger partial charge in [0.05, 0.1) is 11.4 Å². The quantitative estimate of drug-likeness (QED) is 0.582. The van der Waals surface area contributed by atoms with Crippen molar-refractivity contribution in [3.05, 3.63) is 60.2 Å². The van der Waals surface area contributed by atoms with Crippen LogP contribution in [0.2, 0.25) is 0 Å². The van der Waals surface area contributed by atoms with Gasteiger partial charge in [-0.15, -0.1) is 0 Å². The van der Waals surface area contributed by atoms with Crippen molar-refractivity contribution in [3.63, 3.8) is 0 Å². The van der Waals surface area contributed by atoms with E-state index in [-0.39, 0.29) is 11.7 Å². The summed E-state index contributed by atoms with van der Waals surface area (Å²) in [6.45, 7) is 0. The molecule has 1 aromatic heterocycles. The van der Waals surface area contributed by atoms with Crippen molar-refractivity contribution in [2.45, 2.75) is 32.1 Å². The number of hydrogen-bond acceptors (Lipinski definition) is 3. The zero-order chi connectivity index (χ0) is 17.9. The number of nitrogens with zero attached hydrogens (tertiary/aromatic N) is 2. The Balaban J connectivity index is 1.51. The molecule has 4 heteroatoms. The lowest BCUT2D eigenvalue weighted by Crippen LogP contribution is -2.19. The predicted molar refractivity (Wildman–Crippen MR) is 101 cm³/mol. The predicted octanol–water partition coefficient (Wildman–Crippen LogP) is 5.56. The maximum atomic E-state index is 13.4. The van der Waals surface area contributed by atoms with Gasteiger partial charge in [-0.1, -0.05) is 42.3 Å². The Morgan fingerprint density at radius 1 is 1.12 bits per heavy atom. The first-order chi connectivity index (χ1) is 12.7. The average Bonchev–Trinajstić information content (AvgIpc) is 3.04. The highest BCUT2D eigenvalue weighted by Crippen LogP contribution is 2.45. The van der Waals surface area contributed by atoms with Crippen LogP contribution in [-0.4, -0.2) is 15.9 Å². The number of hydrogen-bond donors (Lipinski definition) is 1. The average molecular weight is 350 g/mol. The van der Waals surface area contributed by atoms with E-state index in [1.807, 2.05) is 24.3 Å². The second kappa shape index (κ2) is 7.40. The molecule has 2 aromatic rings. The highest BCUT2D eigenvalue weighted by molar-refractivity contribution is 5.91. The van der Waals surface area contributed by atoms with E-state index < -0.39 is 0 Å². The normalized spacial score (nSPS) is 27.1. The highest BCUT2D eigenvalue weighted by Gasteiger charge is 2.40. The van der Waals surface area contributed by atoms with Crippen molar-refractivity contribution in [3.8, 4) is 11.1 Å². The summed E-state index contributed by atoms with van der Waals surface area (Å²) in [6.07, 6.45) is 11.9. The molecule has 0 bridgehead atoms. The fourth-order valence-corrected chi connectivity index (χ4v) is 4.52. The summed E-state index contributed by atoms with van der Waals surface area (Å²) in [7, 11) is 0. The zero-order valence-corrected chi connectivity index (χ0v) is 14.7. The molecule has 0 saturated heterocycles. The molecule has 3 nitrogen and oxygen atoms in total. The van der Waals surface area contributed by atoms with Gasteiger partial charge in [0, 0.05) is 17.7 Å². The molecule has 0 unspecified atom stereocenters. The molecule has 0 radical (unpaired) electrons. The summed E-state index contributed by atoms with van der Waals surface area (Å²) in [5.41, 5.74) is 3.49. The van der Waals surface area contributed by atoms with Crippen LogP contribution >= 0.6 is 0 Å². The summed E-state index contributed by atoms with van der Waals surface area (Å²) in [5, 5.41) is 13.0. The summed E-state index contributed by atoms with van der Waals surface area (Å²) in [4.78, 5) is 4.49. The van der Waals surface area contributed by atoms with Crippen LogP contribution in [0.15, 0.2) is 53.8 Å². The minimum absolute atomic E-state index is 0.218. The third kappa shape index (κ3) is 3.41. The number of halogens is 1. The fraction of sp³-hybridized carbons (Fsp3) is 0.364. The second-order valence-electron chi connectivity index (χ2n) is 7.37. The Labute approximate surface area is 153 Å². The molecule has 2 aliphatic rings. The number of aromatic nitrogens is 1. The number of rotatable bonds is 3. The van der Waals surface area contributed by atoms with Crippen LogP contribution in [0, 0.1) is 23.6 Å². The number of fused-ring (bicyclic) bond motifs is 1. The van der Waals surface area contributed by atoms with Gasteiger partial charge in [-0.25, -0.2) is 4.39 Å². The zero-order valence-electron chi connectivity index (χ0n) is 14.7. The number of oxime groups is 1. The van der Waals surface area contributed by atoms with Crippen LogP contribution in [0.5, 0.6) is 0 Å². The van der Waals surface area contributed by atoms with Crippen molar-refractivity contribution in [1.82, 2.24) is 4.98 Å². The minimum atomic E-state index is -0.245. The highest BCUT2D eigenvalue weighted by atomic mass is 19.1. The first-order valence-electron chi connectivity index (χ1n) is 9.35. The molecular weight excluding hydrogens is 327 g/mol. The molecule has 3 atom stereocenters. The summed E-state index contributed by atoms with van der Waals surface area (Å²) >= 11 is 0. The molecule has 2 aliphatic carbocycles. The molecule has 1 heterocycles. The van der Waals surface area contributed by atoms with Crippen molar-refractivity contribution in [2.75, 3.05) is 0 Å². The summed E-state index contributed by atoms with van der Waals surface area (Å²) in [6, 6.07) is 10.4. The van der Waals surface area contributed by atoms with Gasteiger partial charge in [0.2, 0.25) is 0 Å². The lowest BCUT2D eigenvalue weighted by Gasteiger charge is -2.27. The summed E-state index contributed by atoms with van der Waals surface area (Å²) in [5.74, 6) is 1.23. The van der Waals surface area contributed by atoms with Crippen molar-refractivity contribution < 1.29 is 9.60 Å². The monoisotopic (exact) mass is 350 g/mol. The van der Waals surface area contributed by atoms with E-state index in [9.17, 15) is 9.60 Å². The Hall–Kier alpha value is -2.49. The topological polar surface area (TPSA) is 45.5 Å². The Morgan fingerprint density at radius 2 is 2.00 bits per heavy atom. The van der Waals surface area contributed by atoms with Gasteiger partial charge in [-0.05, 0) is 60.9 Å². The van der Waals surface area contributed by atoms with Gasteiger partial charge in [0.1, 0.15) is 5.82 Å². The molecule has 26 heavy (non-hydrogen) atoms. The van der Waals surface area contributed by atoms with Crippen LogP contribution in [0.25, 0.3) is 17.2 Å². The van der Waals surface area contributed by atoms with E-state index in [4.69, 9.17) is 0 Å². The van der Waals surface area contributed by atoms with Crippen LogP contribution in [0.4, 0.5) is 4.39 Å². The van der Waals surface area contributed by atoms with Crippen LogP contribution in [0.3, 0.4) is 0 Å². The lowest BCUT2D eigenvalue weighted by atomic mass is 9.78. The largest absolute Gasteiger partial charge is 0.411 e. The van der Waals surface area contributed by atoms with E-state index in [1.165, 1.54) is 37.8 Å². The molecular formula is C22H23FN2O. The van der Waals surface area contributed by atoms with Gasteiger partial charge in [0.15, 0.2) is 0 Å². The van der Waals surface area contributed by atoms with E-state index in [2.05, 4.69) is 16.2 Å². The molecule has 2 fully saturated rings. The Morgan fingerprint density at radius 3 is 2.77 bits per heavy atom. The number of allylic oxidation sites excluding steroid dienone is 1.